The number of carbonyl (C=O) groups excluding carboxylic acids is 3. The Morgan fingerprint density at radius 3 is 0.667 bits per heavy atom. The molecule has 0 unspecified atom stereocenters. The van der Waals surface area contributed by atoms with Crippen LogP contribution in [0.25, 0.3) is 0 Å². The molecule has 0 atom stereocenters. The number of nitrogens with zero attached hydrogens (tertiary/aromatic N) is 1. The average Bonchev–Trinajstić information content (AvgIpc) is 1.07. The molecule has 0 aromatic heterocycles. The number of halogens is 4. The van der Waals surface area contributed by atoms with Gasteiger partial charge in [0.05, 0.1) is 67.9 Å². The first-order valence-corrected chi connectivity index (χ1v) is 62.2. The number of amides is 2. The molecule has 1 aliphatic heterocycles. The van der Waals surface area contributed by atoms with Crippen LogP contribution >= 0.6 is 70.5 Å². The van der Waals surface area contributed by atoms with Crippen molar-refractivity contribution in [2.45, 2.75) is 479 Å². The van der Waals surface area contributed by atoms with E-state index in [-0.39, 0.29) is 50.1 Å². The monoisotopic (exact) mass is 1740 g/mol. The van der Waals surface area contributed by atoms with E-state index in [0.29, 0.717) is 5.06 Å². The molecule has 102 heavy (non-hydrogen) atoms. The minimum atomic E-state index is -1.91. The van der Waals surface area contributed by atoms with Crippen molar-refractivity contribution in [3.8, 4) is 0 Å². The zero-order chi connectivity index (χ0) is 71.4. The van der Waals surface area contributed by atoms with E-state index in [1.54, 1.807) is 402 Å². The molecule has 1 aromatic carbocycles. The van der Waals surface area contributed by atoms with Gasteiger partial charge in [0.1, 0.15) is 0 Å². The maximum atomic E-state index is 11.8. The van der Waals surface area contributed by atoms with Crippen LogP contribution in [0.2, 0.25) is 0 Å². The van der Waals surface area contributed by atoms with E-state index in [2.05, 4.69) is 0 Å². The van der Waals surface area contributed by atoms with E-state index in [0.717, 1.165) is 12.0 Å². The van der Waals surface area contributed by atoms with Crippen LogP contribution in [0.15, 0.2) is 24.3 Å². The summed E-state index contributed by atoms with van der Waals surface area (Å²) in [7, 11) is 22.2. The van der Waals surface area contributed by atoms with Crippen molar-refractivity contribution >= 4 is 97.5 Å². The predicted molar refractivity (Wildman–Crippen MR) is 454 cm³/mol. The molecular formula is C87H151Cl4NO4P4Ru2+4. The van der Waals surface area contributed by atoms with Crippen LogP contribution < -0.4 is 0 Å². The van der Waals surface area contributed by atoms with Crippen molar-refractivity contribution in [2.24, 2.45) is 0 Å². The minimum absolute atomic E-state index is 0.0465. The molecule has 0 spiro atoms. The Morgan fingerprint density at radius 2 is 0.520 bits per heavy atom. The van der Waals surface area contributed by atoms with Crippen LogP contribution in [0.3, 0.4) is 0 Å². The fraction of sp³-hybridized carbons (Fsp3) is 0.874. The molecule has 14 rings (SSSR count). The van der Waals surface area contributed by atoms with E-state index in [1.165, 1.54) is 80.0 Å². The Kier molecular flexibility index (Phi) is 44.2. The van der Waals surface area contributed by atoms with Crippen LogP contribution in [-0.2, 0) is 41.5 Å². The number of carbonyl (C=O) groups is 3. The molecule has 588 valence electrons. The fourth-order valence-corrected chi connectivity index (χ4v) is 47.5. The number of hydroxylamine groups is 2. The number of benzene rings is 1. The van der Waals surface area contributed by atoms with Gasteiger partial charge in [-0.15, -0.1) is 0 Å². The summed E-state index contributed by atoms with van der Waals surface area (Å²) < 4.78 is 3.70. The quantitative estimate of drug-likeness (QED) is 0.0940. The topological polar surface area (TPSA) is 63.7 Å². The molecule has 13 aliphatic rings. The second kappa shape index (κ2) is 51.4. The third-order valence-electron chi connectivity index (χ3n) is 27.7. The summed E-state index contributed by atoms with van der Waals surface area (Å²) in [6.45, 7) is 2.03. The molecule has 2 amide bonds. The Balaban J connectivity index is 0.000000145. The summed E-state index contributed by atoms with van der Waals surface area (Å²) in [4.78, 5) is 39.2. The molecule has 0 N–H and O–H groups in total. The zero-order valence-corrected chi connectivity index (χ0v) is 75.2. The van der Waals surface area contributed by atoms with Crippen LogP contribution in [0, 0.1) is 0 Å². The van der Waals surface area contributed by atoms with Crippen LogP contribution in [0.4, 0.5) is 0 Å². The van der Waals surface area contributed by atoms with Crippen molar-refractivity contribution in [1.82, 2.24) is 5.06 Å². The first kappa shape index (κ1) is 87.7. The van der Waals surface area contributed by atoms with E-state index >= 15 is 0 Å². The average molecular weight is 1740 g/mol. The van der Waals surface area contributed by atoms with E-state index < -0.39 is 44.8 Å². The summed E-state index contributed by atoms with van der Waals surface area (Å²) in [5.41, 5.74) is 15.8. The Bertz CT molecular complexity index is 2090. The maximum absolute atomic E-state index is 11.8. The molecule has 12 aliphatic carbocycles. The number of rotatable bonds is 16. The molecule has 0 bridgehead atoms. The van der Waals surface area contributed by atoms with Gasteiger partial charge in [-0.05, 0) is 308 Å². The summed E-state index contributed by atoms with van der Waals surface area (Å²) in [6.07, 6.45) is 96.3. The molecular weight excluding hydrogens is 1590 g/mol. The standard InChI is InChI=1S/4C18H33P.C12H9NO4.C3H6.4ClH.2Ru/c4*1-4-10-16(11-5-1)19(17-12-6-2-7-13-17)18-14-8-3-9-15-18;1-8-2-4-9(5-3-8)12(16)17-13-10(14)6-7-11(13)15;1-3-2;;;;;;/h4*16-18H,1-15H2;1-5H,6-7H2;1H,3H2,2H3;4*1H;;/q;;;;;;;;;;2*+2. The van der Waals surface area contributed by atoms with E-state index in [9.17, 15) is 14.4 Å². The van der Waals surface area contributed by atoms with Gasteiger partial charge in [0.15, 0.2) is 0 Å². The number of imide groups is 1. The van der Waals surface area contributed by atoms with Crippen LogP contribution in [0.5, 0.6) is 0 Å². The molecule has 0 radical (unpaired) electrons. The van der Waals surface area contributed by atoms with Crippen LogP contribution in [0.1, 0.15) is 427 Å². The second-order valence-electron chi connectivity index (χ2n) is 34.7. The summed E-state index contributed by atoms with van der Waals surface area (Å²) >= 11 is -3.30. The molecule has 5 nitrogen and oxygen atoms in total. The number of hydrogen-bond acceptors (Lipinski definition) is 4. The van der Waals surface area contributed by atoms with E-state index in [4.69, 9.17) is 43.6 Å². The second-order valence-corrected chi connectivity index (χ2v) is 60.1. The third-order valence-corrected chi connectivity index (χ3v) is 50.3. The van der Waals surface area contributed by atoms with Crippen molar-refractivity contribution in [1.29, 1.82) is 0 Å². The van der Waals surface area contributed by atoms with Gasteiger partial charge >= 0.3 is 179 Å². The zero-order valence-electron chi connectivity index (χ0n) is 64.7. The SMILES string of the molecule is C1CCC([PH+](C2CCCCC2)C2CCCCC2)CC1.C1CCC([PH+](C2CCCCC2)C2CCCCC2)CC1.C1CCC([PH+](C2CCCCC2)C2CCCCC2)CC1.C1CCC([PH+](C2CCCCC2)C2CCCCC2)CC1.CC[CH]=[Ru]([Cl])[Cl].O=C(ON1C(=O)CCC1=O)c1ccc([CH]=[Ru]([Cl])[Cl])cc1. The first-order chi connectivity index (χ1) is 50.0. The van der Waals surface area contributed by atoms with Gasteiger partial charge in [-0.1, -0.05) is 77.0 Å². The molecule has 12 saturated carbocycles. The van der Waals surface area contributed by atoms with Crippen LogP contribution in [-0.4, -0.2) is 100.0 Å². The first-order valence-electron chi connectivity index (χ1n) is 44.3. The van der Waals surface area contributed by atoms with Gasteiger partial charge in [0.2, 0.25) is 0 Å². The Morgan fingerprint density at radius 1 is 0.333 bits per heavy atom. The normalized spacial score (nSPS) is 25.2. The van der Waals surface area contributed by atoms with Gasteiger partial charge in [-0.25, -0.2) is 0 Å². The van der Waals surface area contributed by atoms with Crippen molar-refractivity contribution in [3.05, 3.63) is 35.4 Å². The molecule has 15 heteroatoms. The van der Waals surface area contributed by atoms with Crippen molar-refractivity contribution < 1.29 is 46.3 Å². The predicted octanol–water partition coefficient (Wildman–Crippen LogP) is 28.9. The Labute approximate surface area is 657 Å². The van der Waals surface area contributed by atoms with Gasteiger partial charge in [-0.3, -0.25) is 0 Å². The van der Waals surface area contributed by atoms with Gasteiger partial charge < -0.3 is 0 Å². The van der Waals surface area contributed by atoms with Crippen molar-refractivity contribution in [2.75, 3.05) is 0 Å². The molecule has 13 fully saturated rings. The number of hydrogen-bond donors (Lipinski definition) is 0. The summed E-state index contributed by atoms with van der Waals surface area (Å²) in [6, 6.07) is 6.36. The molecule has 1 aromatic rings. The summed E-state index contributed by atoms with van der Waals surface area (Å²) in [5, 5.41) is 0.517. The van der Waals surface area contributed by atoms with Gasteiger partial charge in [0.25, 0.3) is 0 Å². The summed E-state index contributed by atoms with van der Waals surface area (Å²) in [5.74, 6) is -1.77. The van der Waals surface area contributed by atoms with Gasteiger partial charge in [-0.2, -0.15) is 0 Å². The third kappa shape index (κ3) is 30.6. The molecule has 1 heterocycles. The van der Waals surface area contributed by atoms with E-state index in [1.807, 2.05) is 11.5 Å². The molecule has 1 saturated heterocycles. The van der Waals surface area contributed by atoms with Crippen molar-refractivity contribution in [3.63, 3.8) is 0 Å². The Hall–Kier alpha value is 1.70. The fourth-order valence-electron chi connectivity index (χ4n) is 22.9. The van der Waals surface area contributed by atoms with Gasteiger partial charge in [0, 0.05) is 31.7 Å².